The van der Waals surface area contributed by atoms with Crippen LogP contribution < -0.4 is 10.6 Å². The molecule has 8 fully saturated rings. The second-order valence-corrected chi connectivity index (χ2v) is 32.4. The molecular weight excluding hydrogens is 1280 g/mol. The summed E-state index contributed by atoms with van der Waals surface area (Å²) in [6, 6.07) is -2.37. The van der Waals surface area contributed by atoms with Crippen molar-refractivity contribution in [3.05, 3.63) is 11.6 Å². The highest BCUT2D eigenvalue weighted by Gasteiger charge is 2.72. The summed E-state index contributed by atoms with van der Waals surface area (Å²) in [5.41, 5.74) is -3.33. The number of ether oxygens (including phenoxy) is 8. The van der Waals surface area contributed by atoms with Crippen LogP contribution in [0.15, 0.2) is 11.6 Å². The minimum absolute atomic E-state index is 0.0495. The summed E-state index contributed by atoms with van der Waals surface area (Å²) in [5, 5.41) is 162. The van der Waals surface area contributed by atoms with Gasteiger partial charge in [-0.15, -0.1) is 0 Å². The number of aldehydes is 1. The van der Waals surface area contributed by atoms with E-state index >= 15 is 4.79 Å². The average molecular weight is 1400 g/mol. The average Bonchev–Trinajstić information content (AvgIpc) is 0.746. The van der Waals surface area contributed by atoms with E-state index in [1.165, 1.54) is 6.92 Å². The third-order valence-electron chi connectivity index (χ3n) is 25.9. The molecule has 0 spiro atoms. The van der Waals surface area contributed by atoms with Gasteiger partial charge in [-0.25, -0.2) is 0 Å². The van der Waals surface area contributed by atoms with Gasteiger partial charge in [0.05, 0.1) is 80.7 Å². The Morgan fingerprint density at radius 1 is 0.663 bits per heavy atom. The van der Waals surface area contributed by atoms with Crippen LogP contribution >= 0.6 is 0 Å². The molecule has 28 nitrogen and oxygen atoms in total. The maximum absolute atomic E-state index is 15.9. The van der Waals surface area contributed by atoms with Crippen LogP contribution in [0.1, 0.15) is 172 Å². The molecule has 0 aromatic heterocycles. The quantitative estimate of drug-likeness (QED) is 0.0319. The molecule has 16 unspecified atom stereocenters. The van der Waals surface area contributed by atoms with Gasteiger partial charge in [-0.1, -0.05) is 93.7 Å². The zero-order valence-corrected chi connectivity index (χ0v) is 58.8. The van der Waals surface area contributed by atoms with Gasteiger partial charge in [0.2, 0.25) is 18.1 Å². The van der Waals surface area contributed by atoms with Gasteiger partial charge in [-0.05, 0) is 122 Å². The van der Waals surface area contributed by atoms with Crippen molar-refractivity contribution in [2.24, 2.45) is 62.1 Å². The molecule has 562 valence electrons. The third-order valence-corrected chi connectivity index (χ3v) is 25.9. The minimum atomic E-state index is -2.05. The van der Waals surface area contributed by atoms with Gasteiger partial charge in [0.15, 0.2) is 25.0 Å². The van der Waals surface area contributed by atoms with E-state index in [2.05, 4.69) is 51.3 Å². The minimum Gasteiger partial charge on any atom is -0.432 e. The zero-order valence-electron chi connectivity index (χ0n) is 58.8. The van der Waals surface area contributed by atoms with Crippen molar-refractivity contribution in [2.75, 3.05) is 19.8 Å². The van der Waals surface area contributed by atoms with E-state index in [9.17, 15) is 85.9 Å². The van der Waals surface area contributed by atoms with Gasteiger partial charge in [0.25, 0.3) is 0 Å². The van der Waals surface area contributed by atoms with Crippen molar-refractivity contribution in [1.82, 2.24) is 10.6 Å². The van der Waals surface area contributed by atoms with Crippen LogP contribution in [-0.4, -0.2) is 262 Å². The second kappa shape index (κ2) is 31.0. The van der Waals surface area contributed by atoms with Gasteiger partial charge < -0.3 is 125 Å². The summed E-state index contributed by atoms with van der Waals surface area (Å²) in [6.45, 7) is 19.7. The third kappa shape index (κ3) is 14.9. The van der Waals surface area contributed by atoms with Gasteiger partial charge in [-0.2, -0.15) is 0 Å². The number of hydrogen-bond donors (Lipinski definition) is 16. The van der Waals surface area contributed by atoms with Gasteiger partial charge in [0.1, 0.15) is 78.8 Å². The molecule has 9 aliphatic rings. The maximum Gasteiger partial charge on any atom is 0.317 e. The molecule has 98 heavy (non-hydrogen) atoms. The second-order valence-electron chi connectivity index (χ2n) is 32.4. The predicted molar refractivity (Wildman–Crippen MR) is 344 cm³/mol. The fraction of sp³-hybridized carbons (Fsp3) is 0.914. The molecular formula is C70H116N2O26. The Kier molecular flexibility index (Phi) is 25.0. The Morgan fingerprint density at radius 2 is 1.29 bits per heavy atom. The van der Waals surface area contributed by atoms with E-state index in [4.69, 9.17) is 37.9 Å². The number of amides is 2. The number of carbonyl (C=O) groups is 4. The van der Waals surface area contributed by atoms with Crippen molar-refractivity contribution in [1.29, 1.82) is 0 Å². The highest BCUT2D eigenvalue weighted by atomic mass is 16.8. The number of carbonyl (C=O) groups excluding carboxylic acids is 4. The SMILES string of the molecule is CC[C@H](C)[C@H](C[C@H](O)CC(=O)N[C@H]1C(CO)O[C@@H](OC(=O)[C@]23CCC(C)(C)CC2C2=CCC4C5(C)CC[C@H](O)C(C)(C=O)[C@@H]5CCC4(C)C2(C)C[C@H]3O)C(O[C@@H]2OC(C)[C@H](O[C@@H]3OC[C@@H](O)C(O)C3O)C(O)C2O)C1O)NC(=O)C[C@@H](O)C[C@H](O[C@@H]1O[C@@H](CO)C(O)C1O)[C@@H](C)CC. The highest BCUT2D eigenvalue weighted by Crippen LogP contribution is 2.76. The van der Waals surface area contributed by atoms with Crippen LogP contribution in [0.2, 0.25) is 0 Å². The molecule has 0 aromatic rings. The van der Waals surface area contributed by atoms with Crippen molar-refractivity contribution in [2.45, 2.75) is 320 Å². The fourth-order valence-corrected chi connectivity index (χ4v) is 19.0. The number of aliphatic hydroxyl groups is 14. The normalized spacial score (nSPS) is 46.5. The molecule has 9 rings (SSSR count). The molecule has 2 amide bonds. The number of allylic oxidation sites excluding steroid dienone is 2. The van der Waals surface area contributed by atoms with E-state index in [1.54, 1.807) is 0 Å². The molecule has 4 saturated carbocycles. The van der Waals surface area contributed by atoms with Crippen LogP contribution in [0.25, 0.3) is 0 Å². The van der Waals surface area contributed by atoms with Crippen molar-refractivity contribution in [3.63, 3.8) is 0 Å². The molecule has 5 aliphatic carbocycles. The number of fused-ring (bicyclic) bond motifs is 7. The lowest BCUT2D eigenvalue weighted by atomic mass is 9.33. The Bertz CT molecular complexity index is 2770. The van der Waals surface area contributed by atoms with Gasteiger partial charge in [-0.3, -0.25) is 14.4 Å². The summed E-state index contributed by atoms with van der Waals surface area (Å²) in [5.74, 6) is -3.49. The van der Waals surface area contributed by atoms with Crippen molar-refractivity contribution < 1.29 is 129 Å². The molecule has 16 N–H and O–H groups in total. The first-order valence-corrected chi connectivity index (χ1v) is 35.8. The summed E-state index contributed by atoms with van der Waals surface area (Å²) in [7, 11) is 0. The van der Waals surface area contributed by atoms with E-state index in [1.807, 2.05) is 34.6 Å². The van der Waals surface area contributed by atoms with Gasteiger partial charge >= 0.3 is 5.97 Å². The summed E-state index contributed by atoms with van der Waals surface area (Å²) >= 11 is 0. The lowest BCUT2D eigenvalue weighted by Crippen LogP contribution is -2.69. The summed E-state index contributed by atoms with van der Waals surface area (Å²) in [6.07, 6.45) is -26.0. The fourth-order valence-electron chi connectivity index (χ4n) is 19.0. The number of rotatable bonds is 25. The zero-order chi connectivity index (χ0) is 72.3. The first-order valence-electron chi connectivity index (χ1n) is 35.8. The van der Waals surface area contributed by atoms with E-state index in [0.29, 0.717) is 57.8 Å². The lowest BCUT2D eigenvalue weighted by molar-refractivity contribution is -0.370. The monoisotopic (exact) mass is 1400 g/mol. The molecule has 4 aliphatic heterocycles. The number of aliphatic hydroxyl groups excluding tert-OH is 14. The number of nitrogens with one attached hydrogen (secondary N) is 2. The predicted octanol–water partition coefficient (Wildman–Crippen LogP) is -0.236. The maximum atomic E-state index is 15.9. The van der Waals surface area contributed by atoms with Crippen LogP contribution in [0.5, 0.6) is 0 Å². The Hall–Kier alpha value is -3.02. The molecule has 0 bridgehead atoms. The molecule has 4 saturated heterocycles. The van der Waals surface area contributed by atoms with Crippen molar-refractivity contribution >= 4 is 24.1 Å². The summed E-state index contributed by atoms with van der Waals surface area (Å²) < 4.78 is 48.1. The first-order chi connectivity index (χ1) is 45.9. The van der Waals surface area contributed by atoms with E-state index in [0.717, 1.165) is 11.9 Å². The standard InChI is InChI=1S/C70H116N2O26/c1-12-32(3)39(71-48(81)25-36(77)23-41(33(4)13-2)93-62-56(88)52(84)43(29-74)95-62)22-35(76)24-49(82)72-50-42(28-73)94-63(59(53(50)85)97-61-57(89)54(86)58(34(5)92-61)96-60-55(87)51(83)40(78)30-91-60)98-64(90)70-21-20-65(6,7)26-38(70)37-14-15-45-66(8)18-17-46(79)67(9,31-75)44(66)16-19-68(45,10)69(37,11)27-47(70)80/h14,31-36,38-47,50-63,73-74,76-80,83-89H,12-13,15-30H2,1-11H3,(H,71,81)(H,72,82)/t32-,33-,34?,35-,36-,38?,39-,40+,41-,42?,43-,44+,45?,46-,47+,50-,51?,52?,53?,54?,55?,56?,57?,58-,59?,60-,61-,62+,63-,66?,67?,68?,69?,70+/m0/s1. The molecule has 34 atom stereocenters. The molecule has 0 radical (unpaired) electrons. The topological polar surface area (TPSA) is 449 Å². The smallest absolute Gasteiger partial charge is 0.317 e. The Morgan fingerprint density at radius 3 is 1.93 bits per heavy atom. The highest BCUT2D eigenvalue weighted by molar-refractivity contribution is 5.80. The largest absolute Gasteiger partial charge is 0.432 e. The van der Waals surface area contributed by atoms with Crippen LogP contribution in [0.3, 0.4) is 0 Å². The Labute approximate surface area is 574 Å². The van der Waals surface area contributed by atoms with Crippen LogP contribution in [0.4, 0.5) is 0 Å². The van der Waals surface area contributed by atoms with Crippen LogP contribution in [0, 0.1) is 62.1 Å². The molecule has 0 aromatic carbocycles. The van der Waals surface area contributed by atoms with Crippen LogP contribution in [-0.2, 0) is 57.1 Å². The summed E-state index contributed by atoms with van der Waals surface area (Å²) in [4.78, 5) is 56.7. The Balaban J connectivity index is 0.942. The lowest BCUT2D eigenvalue weighted by Gasteiger charge is -2.71. The van der Waals surface area contributed by atoms with Crippen molar-refractivity contribution in [3.8, 4) is 0 Å². The van der Waals surface area contributed by atoms with E-state index < -0.39 is 225 Å². The molecule has 4 heterocycles. The first kappa shape index (κ1) is 79.1. The molecule has 28 heteroatoms. The van der Waals surface area contributed by atoms with E-state index in [-0.39, 0.29) is 60.2 Å². The van der Waals surface area contributed by atoms with Gasteiger partial charge in [0, 0.05) is 12.5 Å². The number of esters is 1. The number of hydrogen-bond acceptors (Lipinski definition) is 26.